The second-order valence-corrected chi connectivity index (χ2v) is 7.94. The lowest BCUT2D eigenvalue weighted by Crippen LogP contribution is -2.31. The number of benzene rings is 1. The number of fused-ring (bicyclic) bond motifs is 1. The van der Waals surface area contributed by atoms with Crippen LogP contribution in [0.5, 0.6) is 0 Å². The average Bonchev–Trinajstić information content (AvgIpc) is 3.27. The summed E-state index contributed by atoms with van der Waals surface area (Å²) in [7, 11) is 1.33. The maximum atomic E-state index is 15.3. The van der Waals surface area contributed by atoms with Gasteiger partial charge in [0, 0.05) is 18.8 Å². The van der Waals surface area contributed by atoms with Gasteiger partial charge < -0.3 is 25.4 Å². The van der Waals surface area contributed by atoms with Gasteiger partial charge in [-0.2, -0.15) is 0 Å². The number of nitrogens with zero attached hydrogens (tertiary/aromatic N) is 5. The van der Waals surface area contributed by atoms with E-state index in [0.717, 1.165) is 29.0 Å². The van der Waals surface area contributed by atoms with Gasteiger partial charge in [-0.3, -0.25) is 9.36 Å². The lowest BCUT2D eigenvalue weighted by Gasteiger charge is -2.19. The molecule has 11 nitrogen and oxygen atoms in total. The van der Waals surface area contributed by atoms with Crippen LogP contribution in [-0.4, -0.2) is 59.0 Å². The minimum atomic E-state index is -1.61. The van der Waals surface area contributed by atoms with Crippen LogP contribution in [0.2, 0.25) is 0 Å². The number of nitrogens with two attached hydrogens (primary N) is 1. The van der Waals surface area contributed by atoms with E-state index in [9.17, 15) is 23.5 Å². The number of aromatic carboxylic acids is 1. The maximum absolute atomic E-state index is 15.3. The standard InChI is InChI=1S/C23H21F3N6O5/c1-3-37-30-20(27)13-8-31(10-17(13)29-36-2)22-16(26)7-12-19(33)14(23(34)35)9-32(21(12)28-22)18-5-4-11(24)6-15(18)25/h4-7,9,13H,3,8,10H2,1-2H3,(H2,27,30)(H,34,35)/b29-17-. The number of hydrogen-bond acceptors (Lipinski definition) is 8. The SMILES string of the molecule is CCO/N=C(/N)C1CN(c2nc3c(cc2F)c(=O)c(C(=O)O)cn3-c2ccc(F)cc2F)C/C1=N/OC. The number of anilines is 1. The van der Waals surface area contributed by atoms with Gasteiger partial charge in [0.05, 0.1) is 29.2 Å². The summed E-state index contributed by atoms with van der Waals surface area (Å²) in [5.74, 6) is -5.28. The normalized spacial score (nSPS) is 17.0. The molecule has 1 fully saturated rings. The van der Waals surface area contributed by atoms with Gasteiger partial charge >= 0.3 is 5.97 Å². The molecular formula is C23H21F3N6O5. The van der Waals surface area contributed by atoms with E-state index in [-0.39, 0.29) is 42.7 Å². The highest BCUT2D eigenvalue weighted by Crippen LogP contribution is 2.28. The Morgan fingerprint density at radius 1 is 1.27 bits per heavy atom. The summed E-state index contributed by atoms with van der Waals surface area (Å²) in [5.41, 5.74) is 4.10. The van der Waals surface area contributed by atoms with Gasteiger partial charge in [0.1, 0.15) is 36.8 Å². The van der Waals surface area contributed by atoms with E-state index in [1.807, 2.05) is 0 Å². The molecule has 1 saturated heterocycles. The Morgan fingerprint density at radius 3 is 2.68 bits per heavy atom. The van der Waals surface area contributed by atoms with Gasteiger partial charge in [-0.25, -0.2) is 22.9 Å². The molecule has 3 heterocycles. The zero-order chi connectivity index (χ0) is 26.9. The lowest BCUT2D eigenvalue weighted by molar-refractivity contribution is 0.0695. The van der Waals surface area contributed by atoms with Gasteiger partial charge in [-0.15, -0.1) is 0 Å². The molecule has 1 unspecified atom stereocenters. The molecule has 14 heteroatoms. The van der Waals surface area contributed by atoms with Crippen LogP contribution < -0.4 is 16.1 Å². The lowest BCUT2D eigenvalue weighted by atomic mass is 10.1. The molecule has 0 saturated carbocycles. The molecule has 0 aliphatic carbocycles. The molecule has 3 N–H and O–H groups in total. The van der Waals surface area contributed by atoms with Gasteiger partial charge in [0.25, 0.3) is 0 Å². The summed E-state index contributed by atoms with van der Waals surface area (Å²) >= 11 is 0. The van der Waals surface area contributed by atoms with Gasteiger partial charge in [-0.1, -0.05) is 10.3 Å². The smallest absolute Gasteiger partial charge is 0.341 e. The predicted molar refractivity (Wildman–Crippen MR) is 128 cm³/mol. The molecular weight excluding hydrogens is 497 g/mol. The minimum Gasteiger partial charge on any atom is -0.477 e. The molecule has 37 heavy (non-hydrogen) atoms. The molecule has 1 atom stereocenters. The Hall–Kier alpha value is -4.62. The number of carboxylic acids is 1. The van der Waals surface area contributed by atoms with Crippen LogP contribution in [0.3, 0.4) is 0 Å². The zero-order valence-electron chi connectivity index (χ0n) is 19.6. The van der Waals surface area contributed by atoms with Crippen LogP contribution in [0.4, 0.5) is 19.0 Å². The summed E-state index contributed by atoms with van der Waals surface area (Å²) in [6.45, 7) is 2.06. The molecule has 0 amide bonds. The second kappa shape index (κ2) is 10.2. The van der Waals surface area contributed by atoms with Crippen molar-refractivity contribution in [3.63, 3.8) is 0 Å². The Labute approximate surface area is 207 Å². The van der Waals surface area contributed by atoms with Crippen molar-refractivity contribution in [3.8, 4) is 5.69 Å². The molecule has 1 aliphatic rings. The third-order valence-corrected chi connectivity index (χ3v) is 5.63. The number of carboxylic acid groups (broad SMARTS) is 1. The van der Waals surface area contributed by atoms with Crippen molar-refractivity contribution in [1.82, 2.24) is 9.55 Å². The first-order chi connectivity index (χ1) is 17.7. The highest BCUT2D eigenvalue weighted by atomic mass is 19.1. The Kier molecular flexibility index (Phi) is 7.00. The Morgan fingerprint density at radius 2 is 2.03 bits per heavy atom. The average molecular weight is 518 g/mol. The van der Waals surface area contributed by atoms with E-state index in [2.05, 4.69) is 15.3 Å². The van der Waals surface area contributed by atoms with E-state index >= 15 is 4.39 Å². The minimum absolute atomic E-state index is 0.0125. The number of aromatic nitrogens is 2. The zero-order valence-corrected chi connectivity index (χ0v) is 19.6. The van der Waals surface area contributed by atoms with Crippen molar-refractivity contribution in [1.29, 1.82) is 0 Å². The number of hydrogen-bond donors (Lipinski definition) is 2. The van der Waals surface area contributed by atoms with Crippen LogP contribution in [0, 0.1) is 23.4 Å². The molecule has 0 spiro atoms. The van der Waals surface area contributed by atoms with Crippen molar-refractivity contribution in [2.75, 3.05) is 31.7 Å². The first-order valence-electron chi connectivity index (χ1n) is 10.9. The first kappa shape index (κ1) is 25.5. The second-order valence-electron chi connectivity index (χ2n) is 7.94. The fourth-order valence-electron chi connectivity index (χ4n) is 3.98. The van der Waals surface area contributed by atoms with Gasteiger partial charge in [-0.05, 0) is 25.1 Å². The summed E-state index contributed by atoms with van der Waals surface area (Å²) < 4.78 is 44.5. The Balaban J connectivity index is 1.91. The summed E-state index contributed by atoms with van der Waals surface area (Å²) in [6, 6.07) is 3.41. The van der Waals surface area contributed by atoms with Crippen molar-refractivity contribution in [3.05, 3.63) is 63.7 Å². The highest BCUT2D eigenvalue weighted by molar-refractivity contribution is 6.10. The van der Waals surface area contributed by atoms with E-state index in [1.54, 1.807) is 6.92 Å². The molecule has 0 radical (unpaired) electrons. The largest absolute Gasteiger partial charge is 0.477 e. The fourth-order valence-corrected chi connectivity index (χ4v) is 3.98. The topological polar surface area (TPSA) is 145 Å². The third kappa shape index (κ3) is 4.77. The summed E-state index contributed by atoms with van der Waals surface area (Å²) in [6.07, 6.45) is 0.856. The number of oxime groups is 2. The van der Waals surface area contributed by atoms with Crippen LogP contribution >= 0.6 is 0 Å². The van der Waals surface area contributed by atoms with Crippen molar-refractivity contribution < 1.29 is 32.7 Å². The molecule has 4 rings (SSSR count). The van der Waals surface area contributed by atoms with E-state index in [0.29, 0.717) is 11.8 Å². The first-order valence-corrected chi connectivity index (χ1v) is 10.9. The van der Waals surface area contributed by atoms with Crippen LogP contribution in [0.25, 0.3) is 16.7 Å². The fraction of sp³-hybridized carbons (Fsp3) is 0.261. The summed E-state index contributed by atoms with van der Waals surface area (Å²) in [4.78, 5) is 40.1. The van der Waals surface area contributed by atoms with E-state index in [4.69, 9.17) is 15.4 Å². The van der Waals surface area contributed by atoms with Crippen LogP contribution in [0.15, 0.2) is 45.6 Å². The third-order valence-electron chi connectivity index (χ3n) is 5.63. The van der Waals surface area contributed by atoms with Crippen molar-refractivity contribution in [2.45, 2.75) is 6.92 Å². The summed E-state index contributed by atoms with van der Waals surface area (Å²) in [5, 5.41) is 16.8. The van der Waals surface area contributed by atoms with Crippen molar-refractivity contribution in [2.24, 2.45) is 22.0 Å². The molecule has 194 valence electrons. The van der Waals surface area contributed by atoms with E-state index in [1.165, 1.54) is 12.0 Å². The number of amidine groups is 1. The molecule has 1 aromatic carbocycles. The molecule has 1 aliphatic heterocycles. The van der Waals surface area contributed by atoms with Gasteiger partial charge in [0.15, 0.2) is 17.3 Å². The quantitative estimate of drug-likeness (QED) is 0.275. The maximum Gasteiger partial charge on any atom is 0.341 e. The molecule has 3 aromatic rings. The van der Waals surface area contributed by atoms with Crippen LogP contribution in [0.1, 0.15) is 17.3 Å². The number of pyridine rings is 2. The monoisotopic (exact) mass is 518 g/mol. The molecule has 2 aromatic heterocycles. The van der Waals surface area contributed by atoms with Gasteiger partial charge in [0.2, 0.25) is 5.43 Å². The number of rotatable bonds is 7. The Bertz CT molecular complexity index is 1510. The van der Waals surface area contributed by atoms with E-state index < -0.39 is 45.7 Å². The molecule has 0 bridgehead atoms. The highest BCUT2D eigenvalue weighted by Gasteiger charge is 2.35. The van der Waals surface area contributed by atoms with Crippen LogP contribution in [-0.2, 0) is 9.68 Å². The van der Waals surface area contributed by atoms with Crippen molar-refractivity contribution >= 4 is 34.4 Å². The number of carbonyl (C=O) groups is 1. The number of halogens is 3. The predicted octanol–water partition coefficient (Wildman–Crippen LogP) is 2.25.